The summed E-state index contributed by atoms with van der Waals surface area (Å²) in [5.41, 5.74) is 8.02. The van der Waals surface area contributed by atoms with Gasteiger partial charge in [-0.3, -0.25) is 14.6 Å². The lowest BCUT2D eigenvalue weighted by molar-refractivity contribution is -0.145. The fraction of sp³-hybridized carbons (Fsp3) is 0.630. The number of hydrogen-bond donors (Lipinski definition) is 4. The number of nitrogens with zero attached hydrogens (tertiary/aromatic N) is 1. The van der Waals surface area contributed by atoms with E-state index in [-0.39, 0.29) is 49.4 Å². The minimum Gasteiger partial charge on any atom is -0.461 e. The molecule has 5 N–H and O–H groups in total. The second kappa shape index (κ2) is 15.6. The quantitative estimate of drug-likeness (QED) is 0.112. The Labute approximate surface area is 224 Å². The van der Waals surface area contributed by atoms with Gasteiger partial charge in [0, 0.05) is 36.2 Å². The first-order valence-corrected chi connectivity index (χ1v) is 14.4. The molecule has 1 aromatic rings. The number of esters is 1. The Morgan fingerprint density at radius 1 is 1.16 bits per heavy atom. The minimum absolute atomic E-state index is 0.0304. The smallest absolute Gasteiger partial charge is 0.315 e. The Hall–Kier alpha value is -2.59. The number of nitrogens with two attached hydrogens (primary N) is 1. The number of hydrogen-bond acceptors (Lipinski definition) is 7. The van der Waals surface area contributed by atoms with Gasteiger partial charge in [0.05, 0.1) is 18.1 Å². The average Bonchev–Trinajstić information content (AvgIpc) is 3.45. The van der Waals surface area contributed by atoms with Gasteiger partial charge in [-0.2, -0.15) is 11.8 Å². The van der Waals surface area contributed by atoms with Crippen molar-refractivity contribution < 1.29 is 19.1 Å². The molecule has 0 saturated carbocycles. The zero-order valence-corrected chi connectivity index (χ0v) is 22.6. The summed E-state index contributed by atoms with van der Waals surface area (Å²) in [5.74, 6) is 0.412. The average molecular weight is 532 g/mol. The van der Waals surface area contributed by atoms with Crippen LogP contribution in [0.1, 0.15) is 63.9 Å². The van der Waals surface area contributed by atoms with E-state index in [0.29, 0.717) is 11.8 Å². The predicted molar refractivity (Wildman–Crippen MR) is 148 cm³/mol. The number of thioether (sulfide) groups is 1. The lowest BCUT2D eigenvalue weighted by atomic mass is 10.0. The van der Waals surface area contributed by atoms with Crippen LogP contribution in [0, 0.1) is 0 Å². The van der Waals surface area contributed by atoms with Crippen LogP contribution in [0.25, 0.3) is 0 Å². The van der Waals surface area contributed by atoms with Crippen molar-refractivity contribution in [2.24, 2.45) is 10.7 Å². The summed E-state index contributed by atoms with van der Waals surface area (Å²) < 4.78 is 5.22. The maximum atomic E-state index is 12.2. The standard InChI is InChI=1S/C27H41N5O4S/c1-19(9-8-12-23-25-22(18-37-23)31-27(35)32-25)29-15-6-3-7-16-30-26(34)21(28)13-14-24(33)36-17-20-10-4-2-5-11-20/h2,4-5,10-11,21-23,25H,3,6-9,12-18,28H2,1H3,(H,30,34)(H2,31,32,35). The van der Waals surface area contributed by atoms with Crippen LogP contribution in [-0.2, 0) is 20.9 Å². The molecule has 2 fully saturated rings. The van der Waals surface area contributed by atoms with Gasteiger partial charge < -0.3 is 26.4 Å². The third-order valence-corrected chi connectivity index (χ3v) is 8.23. The summed E-state index contributed by atoms with van der Waals surface area (Å²) in [4.78, 5) is 40.2. The molecule has 0 spiro atoms. The molecule has 0 radical (unpaired) electrons. The summed E-state index contributed by atoms with van der Waals surface area (Å²) in [6.07, 6.45) is 6.38. The van der Waals surface area contributed by atoms with Gasteiger partial charge >= 0.3 is 12.0 Å². The summed E-state index contributed by atoms with van der Waals surface area (Å²) in [6.45, 7) is 3.68. The maximum absolute atomic E-state index is 12.2. The zero-order valence-electron chi connectivity index (χ0n) is 21.7. The van der Waals surface area contributed by atoms with Crippen LogP contribution in [0.15, 0.2) is 35.3 Å². The third-order valence-electron chi connectivity index (χ3n) is 6.72. The van der Waals surface area contributed by atoms with Crippen molar-refractivity contribution in [2.45, 2.75) is 88.3 Å². The molecule has 0 bridgehead atoms. The van der Waals surface area contributed by atoms with Crippen molar-refractivity contribution in [3.8, 4) is 0 Å². The molecule has 1 aromatic carbocycles. The van der Waals surface area contributed by atoms with Crippen LogP contribution in [0.3, 0.4) is 0 Å². The van der Waals surface area contributed by atoms with Crippen LogP contribution < -0.4 is 21.7 Å². The van der Waals surface area contributed by atoms with E-state index in [1.807, 2.05) is 42.1 Å². The van der Waals surface area contributed by atoms with Gasteiger partial charge in [0.25, 0.3) is 0 Å². The fourth-order valence-electron chi connectivity index (χ4n) is 4.52. The van der Waals surface area contributed by atoms with Crippen LogP contribution in [-0.4, -0.2) is 65.8 Å². The zero-order chi connectivity index (χ0) is 26.5. The van der Waals surface area contributed by atoms with Gasteiger partial charge in [-0.25, -0.2) is 4.79 Å². The van der Waals surface area contributed by atoms with E-state index in [1.54, 1.807) is 0 Å². The maximum Gasteiger partial charge on any atom is 0.315 e. The van der Waals surface area contributed by atoms with E-state index in [4.69, 9.17) is 10.5 Å². The van der Waals surface area contributed by atoms with Gasteiger partial charge in [-0.15, -0.1) is 0 Å². The van der Waals surface area contributed by atoms with E-state index in [2.05, 4.69) is 27.9 Å². The third kappa shape index (κ3) is 10.4. The molecule has 2 aliphatic rings. The number of aliphatic imine (C=N–C) groups is 1. The first kappa shape index (κ1) is 29.0. The Morgan fingerprint density at radius 2 is 1.97 bits per heavy atom. The molecule has 2 heterocycles. The van der Waals surface area contributed by atoms with E-state index >= 15 is 0 Å². The van der Waals surface area contributed by atoms with Crippen molar-refractivity contribution in [2.75, 3.05) is 18.8 Å². The number of unbranched alkanes of at least 4 members (excludes halogenated alkanes) is 2. The van der Waals surface area contributed by atoms with Crippen molar-refractivity contribution >= 4 is 35.4 Å². The highest BCUT2D eigenvalue weighted by atomic mass is 32.2. The highest BCUT2D eigenvalue weighted by Crippen LogP contribution is 2.33. The number of amides is 3. The number of fused-ring (bicyclic) bond motifs is 1. The topological polar surface area (TPSA) is 135 Å². The molecule has 2 aliphatic heterocycles. The molecular formula is C27H41N5O4S. The van der Waals surface area contributed by atoms with Crippen molar-refractivity contribution in [1.29, 1.82) is 0 Å². The van der Waals surface area contributed by atoms with E-state index in [1.165, 1.54) is 5.71 Å². The molecule has 204 valence electrons. The molecule has 3 amide bonds. The molecule has 37 heavy (non-hydrogen) atoms. The highest BCUT2D eigenvalue weighted by molar-refractivity contribution is 8.00. The normalized spacial score (nSPS) is 21.6. The van der Waals surface area contributed by atoms with Gasteiger partial charge in [0.1, 0.15) is 6.61 Å². The Morgan fingerprint density at radius 3 is 2.78 bits per heavy atom. The van der Waals surface area contributed by atoms with Crippen molar-refractivity contribution in [3.63, 3.8) is 0 Å². The van der Waals surface area contributed by atoms with E-state index < -0.39 is 6.04 Å². The second-order valence-corrected chi connectivity index (χ2v) is 11.0. The SMILES string of the molecule is CC(CCCC1SCC2NC(=O)NC21)=NCCCCCNC(=O)C(N)CCC(=O)OCc1ccccc1. The highest BCUT2D eigenvalue weighted by Gasteiger charge is 2.42. The van der Waals surface area contributed by atoms with Gasteiger partial charge in [0.15, 0.2) is 0 Å². The van der Waals surface area contributed by atoms with E-state index in [0.717, 1.165) is 56.4 Å². The molecule has 4 atom stereocenters. The number of ether oxygens (including phenoxy) is 1. The van der Waals surface area contributed by atoms with Crippen LogP contribution in [0.4, 0.5) is 4.79 Å². The summed E-state index contributed by atoms with van der Waals surface area (Å²) in [6, 6.07) is 9.28. The fourth-order valence-corrected chi connectivity index (χ4v) is 6.07. The molecule has 10 heteroatoms. The molecule has 4 unspecified atom stereocenters. The van der Waals surface area contributed by atoms with Gasteiger partial charge in [-0.1, -0.05) is 30.3 Å². The second-order valence-electron chi connectivity index (χ2n) is 9.77. The summed E-state index contributed by atoms with van der Waals surface area (Å²) >= 11 is 1.95. The first-order valence-electron chi connectivity index (χ1n) is 13.3. The van der Waals surface area contributed by atoms with Gasteiger partial charge in [0.2, 0.25) is 5.91 Å². The number of rotatable bonds is 16. The van der Waals surface area contributed by atoms with Crippen LogP contribution in [0.5, 0.6) is 0 Å². The molecule has 0 aromatic heterocycles. The lowest BCUT2D eigenvalue weighted by Crippen LogP contribution is -2.41. The number of urea groups is 1. The molecular weight excluding hydrogens is 490 g/mol. The molecule has 3 rings (SSSR count). The van der Waals surface area contributed by atoms with Gasteiger partial charge in [-0.05, 0) is 57.4 Å². The lowest BCUT2D eigenvalue weighted by Gasteiger charge is -2.16. The number of benzene rings is 1. The van der Waals surface area contributed by atoms with Crippen molar-refractivity contribution in [3.05, 3.63) is 35.9 Å². The monoisotopic (exact) mass is 531 g/mol. The largest absolute Gasteiger partial charge is 0.461 e. The Bertz CT molecular complexity index is 913. The summed E-state index contributed by atoms with van der Waals surface area (Å²) in [5, 5.41) is 9.37. The first-order chi connectivity index (χ1) is 17.9. The minimum atomic E-state index is -0.716. The van der Waals surface area contributed by atoms with Crippen LogP contribution >= 0.6 is 11.8 Å². The summed E-state index contributed by atoms with van der Waals surface area (Å²) in [7, 11) is 0. The predicted octanol–water partition coefficient (Wildman–Crippen LogP) is 2.92. The number of carbonyl (C=O) groups excluding carboxylic acids is 3. The van der Waals surface area contributed by atoms with Crippen molar-refractivity contribution in [1.82, 2.24) is 16.0 Å². The molecule has 9 nitrogen and oxygen atoms in total. The van der Waals surface area contributed by atoms with E-state index in [9.17, 15) is 14.4 Å². The molecule has 2 saturated heterocycles. The molecule has 0 aliphatic carbocycles. The number of carbonyl (C=O) groups is 3. The Balaban J connectivity index is 1.15. The number of nitrogens with one attached hydrogen (secondary N) is 3. The Kier molecular flexibility index (Phi) is 12.2. The van der Waals surface area contributed by atoms with Crippen LogP contribution in [0.2, 0.25) is 0 Å².